The van der Waals surface area contributed by atoms with Crippen LogP contribution in [-0.2, 0) is 14.6 Å². The summed E-state index contributed by atoms with van der Waals surface area (Å²) in [5.41, 5.74) is 0.349. The number of carbonyl (C=O) groups excluding carboxylic acids is 1. The molecule has 6 nitrogen and oxygen atoms in total. The summed E-state index contributed by atoms with van der Waals surface area (Å²) in [4.78, 5) is 22.7. The number of sulfone groups is 1. The van der Waals surface area contributed by atoms with E-state index in [1.165, 1.54) is 24.3 Å². The maximum atomic E-state index is 12.0. The Morgan fingerprint density at radius 1 is 1.22 bits per heavy atom. The lowest BCUT2D eigenvalue weighted by atomic mass is 10.1. The number of carboxylic acid groups (broad SMARTS) is 1. The van der Waals surface area contributed by atoms with Crippen LogP contribution in [0.3, 0.4) is 0 Å². The Morgan fingerprint density at radius 3 is 2.35 bits per heavy atom. The van der Waals surface area contributed by atoms with Crippen LogP contribution < -0.4 is 5.32 Å². The summed E-state index contributed by atoms with van der Waals surface area (Å²) in [6, 6.07) is 5.80. The van der Waals surface area contributed by atoms with Gasteiger partial charge in [-0.15, -0.1) is 0 Å². The van der Waals surface area contributed by atoms with Crippen LogP contribution in [0.15, 0.2) is 29.2 Å². The number of unbranched alkanes of at least 4 members (excludes halogenated alkanes) is 1. The number of amides is 1. The fraction of sp³-hybridized carbons (Fsp3) is 0.500. The molecule has 0 aliphatic heterocycles. The smallest absolute Gasteiger partial charge is 0.303 e. The van der Waals surface area contributed by atoms with Crippen molar-refractivity contribution in [3.8, 4) is 0 Å². The Balaban J connectivity index is 2.65. The Hall–Kier alpha value is -1.89. The lowest BCUT2D eigenvalue weighted by Crippen LogP contribution is -2.29. The molecular formula is C16H23NO5S. The minimum atomic E-state index is -3.30. The van der Waals surface area contributed by atoms with Crippen molar-refractivity contribution in [1.82, 2.24) is 5.32 Å². The van der Waals surface area contributed by atoms with Crippen LogP contribution in [0.4, 0.5) is 0 Å². The molecule has 7 heteroatoms. The third kappa shape index (κ3) is 6.40. The molecule has 0 radical (unpaired) electrons. The molecule has 0 fully saturated rings. The van der Waals surface area contributed by atoms with Crippen LogP contribution in [0.1, 0.15) is 43.5 Å². The van der Waals surface area contributed by atoms with Gasteiger partial charge in [-0.3, -0.25) is 9.59 Å². The van der Waals surface area contributed by atoms with Crippen molar-refractivity contribution in [3.05, 3.63) is 29.8 Å². The van der Waals surface area contributed by atoms with Crippen LogP contribution >= 0.6 is 0 Å². The minimum Gasteiger partial charge on any atom is -0.481 e. The largest absolute Gasteiger partial charge is 0.481 e. The van der Waals surface area contributed by atoms with E-state index in [0.29, 0.717) is 12.0 Å². The van der Waals surface area contributed by atoms with Gasteiger partial charge in [-0.25, -0.2) is 8.42 Å². The first-order chi connectivity index (χ1) is 10.8. The number of hydrogen-bond acceptors (Lipinski definition) is 4. The number of hydrogen-bond donors (Lipinski definition) is 2. The van der Waals surface area contributed by atoms with E-state index in [1.54, 1.807) is 6.92 Å². The van der Waals surface area contributed by atoms with E-state index >= 15 is 0 Å². The van der Waals surface area contributed by atoms with Gasteiger partial charge in [-0.2, -0.15) is 0 Å². The topological polar surface area (TPSA) is 101 Å². The average molecular weight is 341 g/mol. The summed E-state index contributed by atoms with van der Waals surface area (Å²) in [5, 5.41) is 11.3. The lowest BCUT2D eigenvalue weighted by molar-refractivity contribution is -0.137. The zero-order valence-corrected chi connectivity index (χ0v) is 14.2. The van der Waals surface area contributed by atoms with Crippen LogP contribution in [0.25, 0.3) is 0 Å². The molecule has 0 saturated carbocycles. The van der Waals surface area contributed by atoms with Crippen molar-refractivity contribution >= 4 is 21.7 Å². The maximum Gasteiger partial charge on any atom is 0.303 e. The normalized spacial score (nSPS) is 12.6. The third-order valence-corrected chi connectivity index (χ3v) is 5.19. The van der Waals surface area contributed by atoms with E-state index in [9.17, 15) is 18.0 Å². The molecule has 1 aromatic rings. The number of aliphatic carboxylic acids is 1. The van der Waals surface area contributed by atoms with Crippen molar-refractivity contribution in [3.63, 3.8) is 0 Å². The highest BCUT2D eigenvalue weighted by atomic mass is 32.2. The van der Waals surface area contributed by atoms with E-state index in [4.69, 9.17) is 5.11 Å². The highest BCUT2D eigenvalue weighted by Gasteiger charge is 2.15. The summed E-state index contributed by atoms with van der Waals surface area (Å²) < 4.78 is 24.1. The molecule has 0 aromatic heterocycles. The second-order valence-electron chi connectivity index (χ2n) is 5.61. The highest BCUT2D eigenvalue weighted by molar-refractivity contribution is 7.91. The Bertz CT molecular complexity index is 637. The second kappa shape index (κ2) is 8.67. The predicted octanol–water partition coefficient (Wildman–Crippen LogP) is 2.10. The van der Waals surface area contributed by atoms with Crippen LogP contribution in [0.2, 0.25) is 0 Å². The van der Waals surface area contributed by atoms with Gasteiger partial charge in [0, 0.05) is 18.5 Å². The van der Waals surface area contributed by atoms with Gasteiger partial charge in [0.15, 0.2) is 9.84 Å². The number of carboxylic acids is 1. The third-order valence-electron chi connectivity index (χ3n) is 3.38. The molecule has 0 bridgehead atoms. The fourth-order valence-corrected chi connectivity index (χ4v) is 3.46. The summed E-state index contributed by atoms with van der Waals surface area (Å²) >= 11 is 0. The van der Waals surface area contributed by atoms with E-state index in [2.05, 4.69) is 5.32 Å². The van der Waals surface area contributed by atoms with Crippen molar-refractivity contribution in [1.29, 1.82) is 0 Å². The first kappa shape index (κ1) is 19.2. The average Bonchev–Trinajstić information content (AvgIpc) is 2.50. The lowest BCUT2D eigenvalue weighted by Gasteiger charge is -2.10. The number of carbonyl (C=O) groups is 2. The minimum absolute atomic E-state index is 0.0190. The zero-order valence-electron chi connectivity index (χ0n) is 13.4. The predicted molar refractivity (Wildman–Crippen MR) is 87.2 cm³/mol. The fourth-order valence-electron chi connectivity index (χ4n) is 2.01. The van der Waals surface area contributed by atoms with Gasteiger partial charge in [0.1, 0.15) is 0 Å². The van der Waals surface area contributed by atoms with E-state index in [1.807, 2.05) is 6.92 Å². The molecule has 0 aliphatic rings. The molecule has 1 rings (SSSR count). The van der Waals surface area contributed by atoms with Gasteiger partial charge in [0.05, 0.1) is 10.6 Å². The van der Waals surface area contributed by atoms with Crippen molar-refractivity contribution in [2.24, 2.45) is 5.92 Å². The Labute approximate surface area is 136 Å². The van der Waals surface area contributed by atoms with E-state index < -0.39 is 15.8 Å². The summed E-state index contributed by atoms with van der Waals surface area (Å²) in [6.45, 7) is 3.91. The quantitative estimate of drug-likeness (QED) is 0.716. The van der Waals surface area contributed by atoms with Gasteiger partial charge in [0.25, 0.3) is 5.91 Å². The molecule has 0 aliphatic carbocycles. The molecule has 1 atom stereocenters. The number of rotatable bonds is 9. The molecular weight excluding hydrogens is 318 g/mol. The molecule has 1 amide bonds. The van der Waals surface area contributed by atoms with Gasteiger partial charge >= 0.3 is 5.97 Å². The van der Waals surface area contributed by atoms with E-state index in [-0.39, 0.29) is 35.4 Å². The molecule has 0 heterocycles. The number of benzene rings is 1. The van der Waals surface area contributed by atoms with Gasteiger partial charge in [-0.05, 0) is 36.6 Å². The number of nitrogens with one attached hydrogen (secondary N) is 1. The van der Waals surface area contributed by atoms with Gasteiger partial charge < -0.3 is 10.4 Å². The molecule has 1 aromatic carbocycles. The molecule has 23 heavy (non-hydrogen) atoms. The molecule has 128 valence electrons. The SMILES string of the molecule is CCCCS(=O)(=O)c1ccc(C(=O)NCC(C)CC(=O)O)cc1. The zero-order chi connectivity index (χ0) is 17.5. The molecule has 2 N–H and O–H groups in total. The monoisotopic (exact) mass is 341 g/mol. The van der Waals surface area contributed by atoms with Crippen molar-refractivity contribution in [2.75, 3.05) is 12.3 Å². The van der Waals surface area contributed by atoms with Crippen molar-refractivity contribution in [2.45, 2.75) is 38.0 Å². The van der Waals surface area contributed by atoms with Gasteiger partial charge in [0.2, 0.25) is 0 Å². The molecule has 1 unspecified atom stereocenters. The first-order valence-electron chi connectivity index (χ1n) is 7.59. The summed E-state index contributed by atoms with van der Waals surface area (Å²) in [6.07, 6.45) is 1.38. The second-order valence-corrected chi connectivity index (χ2v) is 7.72. The van der Waals surface area contributed by atoms with Crippen LogP contribution in [0.5, 0.6) is 0 Å². The van der Waals surface area contributed by atoms with Gasteiger partial charge in [-0.1, -0.05) is 20.3 Å². The Kier molecular flexibility index (Phi) is 7.22. The standard InChI is InChI=1S/C16H23NO5S/c1-3-4-9-23(21,22)14-7-5-13(6-8-14)16(20)17-11-12(2)10-15(18)19/h5-8,12H,3-4,9-11H2,1-2H3,(H,17,20)(H,18,19). The summed E-state index contributed by atoms with van der Waals surface area (Å²) in [5.74, 6) is -1.33. The highest BCUT2D eigenvalue weighted by Crippen LogP contribution is 2.14. The van der Waals surface area contributed by atoms with Crippen molar-refractivity contribution < 1.29 is 23.1 Å². The first-order valence-corrected chi connectivity index (χ1v) is 9.24. The maximum absolute atomic E-state index is 12.0. The molecule has 0 spiro atoms. The Morgan fingerprint density at radius 2 is 1.83 bits per heavy atom. The van der Waals surface area contributed by atoms with E-state index in [0.717, 1.165) is 6.42 Å². The molecule has 0 saturated heterocycles. The summed E-state index contributed by atoms with van der Waals surface area (Å²) in [7, 11) is -3.30. The van der Waals surface area contributed by atoms with Crippen LogP contribution in [-0.4, -0.2) is 37.7 Å². The van der Waals surface area contributed by atoms with Crippen LogP contribution in [0, 0.1) is 5.92 Å².